The Morgan fingerprint density at radius 3 is 2.67 bits per heavy atom. The summed E-state index contributed by atoms with van der Waals surface area (Å²) in [6.07, 6.45) is 0.297. The van der Waals surface area contributed by atoms with Gasteiger partial charge in [-0.15, -0.1) is 0 Å². The zero-order valence-corrected chi connectivity index (χ0v) is 10.6. The van der Waals surface area contributed by atoms with E-state index in [9.17, 15) is 4.79 Å². The number of benzene rings is 1. The first-order chi connectivity index (χ1) is 8.83. The van der Waals surface area contributed by atoms with Crippen molar-refractivity contribution in [2.75, 3.05) is 33.5 Å². The van der Waals surface area contributed by atoms with Gasteiger partial charge in [0.15, 0.2) is 0 Å². The van der Waals surface area contributed by atoms with Gasteiger partial charge in [-0.2, -0.15) is 0 Å². The number of carbonyl (C=O) groups is 1. The third kappa shape index (κ3) is 6.88. The van der Waals surface area contributed by atoms with Crippen molar-refractivity contribution in [3.05, 3.63) is 30.3 Å². The van der Waals surface area contributed by atoms with E-state index in [1.165, 1.54) is 0 Å². The Labute approximate surface area is 107 Å². The predicted octanol–water partition coefficient (Wildman–Crippen LogP) is 1.83. The Hall–Kier alpha value is -1.59. The summed E-state index contributed by atoms with van der Waals surface area (Å²) in [5, 5.41) is 2.65. The predicted molar refractivity (Wildman–Crippen MR) is 67.8 cm³/mol. The second-order valence-corrected chi connectivity index (χ2v) is 3.59. The molecule has 5 heteroatoms. The van der Waals surface area contributed by atoms with E-state index in [0.29, 0.717) is 32.1 Å². The molecule has 1 aromatic rings. The van der Waals surface area contributed by atoms with Crippen molar-refractivity contribution in [3.8, 4) is 5.75 Å². The molecule has 0 aliphatic heterocycles. The van der Waals surface area contributed by atoms with Gasteiger partial charge in [-0.25, -0.2) is 4.79 Å². The first kappa shape index (κ1) is 14.5. The molecule has 5 nitrogen and oxygen atoms in total. The van der Waals surface area contributed by atoms with Gasteiger partial charge in [0.1, 0.15) is 5.75 Å². The van der Waals surface area contributed by atoms with Crippen LogP contribution in [0.15, 0.2) is 30.3 Å². The van der Waals surface area contributed by atoms with Crippen molar-refractivity contribution in [1.29, 1.82) is 0 Å². The minimum Gasteiger partial charge on any atom is -0.410 e. The molecule has 0 saturated heterocycles. The maximum absolute atomic E-state index is 11.4. The molecule has 1 aromatic carbocycles. The number of nitrogens with one attached hydrogen (secondary N) is 1. The van der Waals surface area contributed by atoms with Gasteiger partial charge >= 0.3 is 6.09 Å². The number of para-hydroxylation sites is 1. The van der Waals surface area contributed by atoms with E-state index >= 15 is 0 Å². The summed E-state index contributed by atoms with van der Waals surface area (Å²) in [5.74, 6) is 0.534. The third-order valence-corrected chi connectivity index (χ3v) is 2.12. The lowest BCUT2D eigenvalue weighted by Crippen LogP contribution is -2.28. The largest absolute Gasteiger partial charge is 0.412 e. The first-order valence-corrected chi connectivity index (χ1v) is 5.90. The minimum absolute atomic E-state index is 0.446. The highest BCUT2D eigenvalue weighted by Gasteiger charge is 2.02. The third-order valence-electron chi connectivity index (χ3n) is 2.12. The van der Waals surface area contributed by atoms with Crippen molar-refractivity contribution in [1.82, 2.24) is 5.32 Å². The fraction of sp³-hybridized carbons (Fsp3) is 0.462. The maximum Gasteiger partial charge on any atom is 0.412 e. The number of hydrogen-bond donors (Lipinski definition) is 1. The molecule has 0 bridgehead atoms. The second-order valence-electron chi connectivity index (χ2n) is 3.59. The van der Waals surface area contributed by atoms with E-state index in [1.54, 1.807) is 19.2 Å². The van der Waals surface area contributed by atoms with Gasteiger partial charge in [0.05, 0.1) is 13.2 Å². The summed E-state index contributed by atoms with van der Waals surface area (Å²) in [7, 11) is 1.63. The maximum atomic E-state index is 11.4. The normalized spacial score (nSPS) is 10.1. The summed E-state index contributed by atoms with van der Waals surface area (Å²) < 4.78 is 15.1. The quantitative estimate of drug-likeness (QED) is 0.718. The summed E-state index contributed by atoms with van der Waals surface area (Å²) in [6, 6.07) is 8.95. The van der Waals surface area contributed by atoms with E-state index in [0.717, 1.165) is 6.42 Å². The Kier molecular flexibility index (Phi) is 7.59. The van der Waals surface area contributed by atoms with Crippen molar-refractivity contribution < 1.29 is 19.0 Å². The topological polar surface area (TPSA) is 56.8 Å². The van der Waals surface area contributed by atoms with Crippen LogP contribution in [0.2, 0.25) is 0 Å². The number of methoxy groups -OCH3 is 1. The second kappa shape index (κ2) is 9.44. The molecule has 100 valence electrons. The Morgan fingerprint density at radius 1 is 1.17 bits per heavy atom. The lowest BCUT2D eigenvalue weighted by atomic mass is 10.3. The highest BCUT2D eigenvalue weighted by molar-refractivity contribution is 5.70. The molecule has 0 aromatic heterocycles. The van der Waals surface area contributed by atoms with Crippen LogP contribution in [0.5, 0.6) is 5.75 Å². The van der Waals surface area contributed by atoms with Gasteiger partial charge < -0.3 is 19.5 Å². The van der Waals surface area contributed by atoms with Crippen molar-refractivity contribution >= 4 is 6.09 Å². The van der Waals surface area contributed by atoms with E-state index in [4.69, 9.17) is 14.2 Å². The van der Waals surface area contributed by atoms with Crippen molar-refractivity contribution in [3.63, 3.8) is 0 Å². The molecule has 0 saturated carbocycles. The van der Waals surface area contributed by atoms with Crippen molar-refractivity contribution in [2.45, 2.75) is 6.42 Å². The SMILES string of the molecule is COCCOCCCNC(=O)Oc1ccccc1. The van der Waals surface area contributed by atoms with Crippen LogP contribution in [-0.4, -0.2) is 39.6 Å². The molecule has 18 heavy (non-hydrogen) atoms. The number of rotatable bonds is 8. The smallest absolute Gasteiger partial charge is 0.410 e. The van der Waals surface area contributed by atoms with Gasteiger partial charge in [0.25, 0.3) is 0 Å². The summed E-state index contributed by atoms with van der Waals surface area (Å²) >= 11 is 0. The van der Waals surface area contributed by atoms with Gasteiger partial charge in [-0.1, -0.05) is 18.2 Å². The molecular formula is C13H19NO4. The summed E-state index contributed by atoms with van der Waals surface area (Å²) in [4.78, 5) is 11.4. The number of carbonyl (C=O) groups excluding carboxylic acids is 1. The molecule has 0 spiro atoms. The lowest BCUT2D eigenvalue weighted by molar-refractivity contribution is 0.0695. The standard InChI is InChI=1S/C13H19NO4/c1-16-10-11-17-9-5-8-14-13(15)18-12-6-3-2-4-7-12/h2-4,6-7H,5,8-11H2,1H3,(H,14,15). The Morgan fingerprint density at radius 2 is 1.94 bits per heavy atom. The highest BCUT2D eigenvalue weighted by Crippen LogP contribution is 2.07. The molecule has 1 amide bonds. The molecule has 0 heterocycles. The van der Waals surface area contributed by atoms with Crippen LogP contribution in [0.25, 0.3) is 0 Å². The molecule has 0 unspecified atom stereocenters. The lowest BCUT2D eigenvalue weighted by Gasteiger charge is -2.06. The average Bonchev–Trinajstić information content (AvgIpc) is 2.39. The van der Waals surface area contributed by atoms with Gasteiger partial charge in [-0.3, -0.25) is 0 Å². The summed E-state index contributed by atoms with van der Waals surface area (Å²) in [5.41, 5.74) is 0. The van der Waals surface area contributed by atoms with Gasteiger partial charge in [0, 0.05) is 20.3 Å². The molecule has 0 radical (unpaired) electrons. The molecule has 0 aliphatic carbocycles. The van der Waals surface area contributed by atoms with Crippen LogP contribution in [0, 0.1) is 0 Å². The van der Waals surface area contributed by atoms with Crippen LogP contribution < -0.4 is 10.1 Å². The number of amides is 1. The Balaban J connectivity index is 2.00. The zero-order valence-electron chi connectivity index (χ0n) is 10.6. The minimum atomic E-state index is -0.446. The van der Waals surface area contributed by atoms with Crippen LogP contribution in [0.4, 0.5) is 4.79 Å². The van der Waals surface area contributed by atoms with Crippen molar-refractivity contribution in [2.24, 2.45) is 0 Å². The van der Waals surface area contributed by atoms with E-state index in [-0.39, 0.29) is 0 Å². The van der Waals surface area contributed by atoms with Crippen LogP contribution >= 0.6 is 0 Å². The fourth-order valence-electron chi connectivity index (χ4n) is 1.24. The van der Waals surface area contributed by atoms with E-state index in [2.05, 4.69) is 5.32 Å². The van der Waals surface area contributed by atoms with Gasteiger partial charge in [0.2, 0.25) is 0 Å². The first-order valence-electron chi connectivity index (χ1n) is 5.90. The van der Waals surface area contributed by atoms with Crippen LogP contribution in [-0.2, 0) is 9.47 Å². The molecule has 0 fully saturated rings. The van der Waals surface area contributed by atoms with E-state index in [1.807, 2.05) is 18.2 Å². The molecular weight excluding hydrogens is 234 g/mol. The van der Waals surface area contributed by atoms with Crippen LogP contribution in [0.1, 0.15) is 6.42 Å². The fourth-order valence-corrected chi connectivity index (χ4v) is 1.24. The highest BCUT2D eigenvalue weighted by atomic mass is 16.6. The van der Waals surface area contributed by atoms with E-state index < -0.39 is 6.09 Å². The van der Waals surface area contributed by atoms with Gasteiger partial charge in [-0.05, 0) is 18.6 Å². The number of ether oxygens (including phenoxy) is 3. The summed E-state index contributed by atoms with van der Waals surface area (Å²) in [6.45, 7) is 2.28. The Bertz CT molecular complexity index is 329. The molecule has 1 N–H and O–H groups in total. The number of hydrogen-bond acceptors (Lipinski definition) is 4. The molecule has 1 rings (SSSR count). The molecule has 0 aliphatic rings. The monoisotopic (exact) mass is 253 g/mol. The van der Waals surface area contributed by atoms with Crippen LogP contribution in [0.3, 0.4) is 0 Å². The average molecular weight is 253 g/mol. The molecule has 0 atom stereocenters. The zero-order chi connectivity index (χ0) is 13.1.